The van der Waals surface area contributed by atoms with Gasteiger partial charge in [-0.2, -0.15) is 0 Å². The van der Waals surface area contributed by atoms with Crippen molar-refractivity contribution in [1.29, 1.82) is 0 Å². The molecular weight excluding hydrogens is 392 g/mol. The highest BCUT2D eigenvalue weighted by molar-refractivity contribution is 5.90. The summed E-state index contributed by atoms with van der Waals surface area (Å²) in [5.74, 6) is -0.818. The smallest absolute Gasteiger partial charge is 0.333 e. The van der Waals surface area contributed by atoms with Crippen molar-refractivity contribution in [3.05, 3.63) is 83.3 Å². The second kappa shape index (κ2) is 9.00. The molecule has 1 heterocycles. The van der Waals surface area contributed by atoms with Crippen LogP contribution in [0.1, 0.15) is 42.7 Å². The van der Waals surface area contributed by atoms with E-state index in [0.717, 1.165) is 28.3 Å². The van der Waals surface area contributed by atoms with Crippen LogP contribution in [0.3, 0.4) is 0 Å². The Labute approximate surface area is 180 Å². The van der Waals surface area contributed by atoms with Crippen LogP contribution in [0.4, 0.5) is 0 Å². The van der Waals surface area contributed by atoms with E-state index in [9.17, 15) is 19.8 Å². The summed E-state index contributed by atoms with van der Waals surface area (Å²) in [6, 6.07) is 14.9. The highest BCUT2D eigenvalue weighted by Gasteiger charge is 2.27. The topological polar surface area (TPSA) is 99.5 Å². The standard InChI is InChI=1S/C25H24N2O4/c28-21-6-4-18-13-16(1-3-19(18)14-21)2-8-24(29)27-23-7-5-20(15-22(23)25(30)31)17-9-11-26-12-10-17/h1,3-4,6,9-14,20,28H,2,5,7-8,15H2,(H,27,29)(H,30,31). The predicted octanol–water partition coefficient (Wildman–Crippen LogP) is 4.30. The molecule has 0 bridgehead atoms. The summed E-state index contributed by atoms with van der Waals surface area (Å²) < 4.78 is 0. The van der Waals surface area contributed by atoms with Gasteiger partial charge in [0, 0.05) is 24.5 Å². The van der Waals surface area contributed by atoms with Crippen LogP contribution in [0.15, 0.2) is 72.2 Å². The van der Waals surface area contributed by atoms with Gasteiger partial charge in [-0.25, -0.2) is 4.79 Å². The number of aryl methyl sites for hydroxylation is 1. The molecule has 1 aliphatic rings. The first-order valence-corrected chi connectivity index (χ1v) is 10.4. The molecule has 1 aromatic heterocycles. The van der Waals surface area contributed by atoms with E-state index in [1.165, 1.54) is 0 Å². The van der Waals surface area contributed by atoms with Crippen molar-refractivity contribution in [2.45, 2.75) is 38.0 Å². The van der Waals surface area contributed by atoms with E-state index in [1.54, 1.807) is 24.5 Å². The van der Waals surface area contributed by atoms with Crippen LogP contribution in [-0.2, 0) is 16.0 Å². The maximum absolute atomic E-state index is 12.5. The van der Waals surface area contributed by atoms with Crippen molar-refractivity contribution in [1.82, 2.24) is 10.3 Å². The average molecular weight is 416 g/mol. The molecule has 2 aromatic carbocycles. The minimum absolute atomic E-state index is 0.117. The molecule has 158 valence electrons. The number of aliphatic carboxylic acids is 1. The number of fused-ring (bicyclic) bond motifs is 1. The molecule has 3 aromatic rings. The Balaban J connectivity index is 1.41. The minimum atomic E-state index is -0.980. The summed E-state index contributed by atoms with van der Waals surface area (Å²) >= 11 is 0. The molecule has 1 atom stereocenters. The van der Waals surface area contributed by atoms with Gasteiger partial charge in [0.2, 0.25) is 5.91 Å². The Bertz CT molecular complexity index is 1150. The second-order valence-electron chi connectivity index (χ2n) is 7.90. The lowest BCUT2D eigenvalue weighted by atomic mass is 9.82. The zero-order chi connectivity index (χ0) is 21.8. The fourth-order valence-electron chi connectivity index (χ4n) is 4.14. The fourth-order valence-corrected chi connectivity index (χ4v) is 4.14. The van der Waals surface area contributed by atoms with Crippen LogP contribution in [0.5, 0.6) is 5.75 Å². The predicted molar refractivity (Wildman–Crippen MR) is 118 cm³/mol. The highest BCUT2D eigenvalue weighted by atomic mass is 16.4. The molecular formula is C25H24N2O4. The van der Waals surface area contributed by atoms with Crippen molar-refractivity contribution in [3.63, 3.8) is 0 Å². The molecule has 1 unspecified atom stereocenters. The Kier molecular flexibility index (Phi) is 5.98. The SMILES string of the molecule is O=C(CCc1ccc2cc(O)ccc2c1)NC1=C(C(=O)O)CC(c2ccncc2)CC1. The average Bonchev–Trinajstić information content (AvgIpc) is 2.78. The number of carbonyl (C=O) groups is 2. The van der Waals surface area contributed by atoms with Crippen molar-refractivity contribution in [2.75, 3.05) is 0 Å². The number of phenolic OH excluding ortho intramolecular Hbond substituents is 1. The largest absolute Gasteiger partial charge is 0.508 e. The lowest BCUT2D eigenvalue weighted by Gasteiger charge is -2.26. The molecule has 3 N–H and O–H groups in total. The Hall–Kier alpha value is -3.67. The van der Waals surface area contributed by atoms with Gasteiger partial charge in [-0.15, -0.1) is 0 Å². The Morgan fingerprint density at radius 1 is 1.03 bits per heavy atom. The summed E-state index contributed by atoms with van der Waals surface area (Å²) in [5.41, 5.74) is 2.90. The number of carbonyl (C=O) groups excluding carboxylic acids is 1. The number of carboxylic acids is 1. The van der Waals surface area contributed by atoms with Crippen LogP contribution in [-0.4, -0.2) is 27.1 Å². The molecule has 0 aliphatic heterocycles. The number of rotatable bonds is 6. The highest BCUT2D eigenvalue weighted by Crippen LogP contribution is 2.35. The quantitative estimate of drug-likeness (QED) is 0.556. The number of aromatic nitrogens is 1. The number of allylic oxidation sites excluding steroid dienone is 1. The number of nitrogens with zero attached hydrogens (tertiary/aromatic N) is 1. The van der Waals surface area contributed by atoms with Gasteiger partial charge in [-0.05, 0) is 77.8 Å². The summed E-state index contributed by atoms with van der Waals surface area (Å²) in [6.45, 7) is 0. The van der Waals surface area contributed by atoms with Gasteiger partial charge < -0.3 is 15.5 Å². The second-order valence-corrected chi connectivity index (χ2v) is 7.90. The van der Waals surface area contributed by atoms with Gasteiger partial charge in [-0.3, -0.25) is 9.78 Å². The molecule has 1 aliphatic carbocycles. The fraction of sp³-hybridized carbons (Fsp3) is 0.240. The van der Waals surface area contributed by atoms with Gasteiger partial charge in [-0.1, -0.05) is 24.3 Å². The normalized spacial score (nSPS) is 16.3. The molecule has 0 radical (unpaired) electrons. The summed E-state index contributed by atoms with van der Waals surface area (Å²) in [4.78, 5) is 28.4. The number of hydrogen-bond acceptors (Lipinski definition) is 4. The van der Waals surface area contributed by atoms with E-state index in [4.69, 9.17) is 0 Å². The number of phenols is 1. The van der Waals surface area contributed by atoms with Crippen molar-refractivity contribution in [2.24, 2.45) is 0 Å². The van der Waals surface area contributed by atoms with E-state index in [-0.39, 0.29) is 29.6 Å². The number of benzene rings is 2. The maximum atomic E-state index is 12.5. The number of amides is 1. The lowest BCUT2D eigenvalue weighted by Crippen LogP contribution is -2.29. The molecule has 1 amide bonds. The first kappa shape index (κ1) is 20.6. The van der Waals surface area contributed by atoms with Crippen LogP contribution < -0.4 is 5.32 Å². The van der Waals surface area contributed by atoms with Crippen molar-refractivity contribution >= 4 is 22.6 Å². The molecule has 4 rings (SSSR count). The van der Waals surface area contributed by atoms with Gasteiger partial charge >= 0.3 is 5.97 Å². The van der Waals surface area contributed by atoms with Crippen LogP contribution in [0, 0.1) is 0 Å². The van der Waals surface area contributed by atoms with E-state index < -0.39 is 5.97 Å². The third-order valence-corrected chi connectivity index (χ3v) is 5.81. The van der Waals surface area contributed by atoms with Gasteiger partial charge in [0.1, 0.15) is 5.75 Å². The number of nitrogens with one attached hydrogen (secondary N) is 1. The number of aromatic hydroxyl groups is 1. The van der Waals surface area contributed by atoms with Crippen LogP contribution in [0.25, 0.3) is 10.8 Å². The lowest BCUT2D eigenvalue weighted by molar-refractivity contribution is -0.133. The first-order valence-electron chi connectivity index (χ1n) is 10.4. The molecule has 0 saturated carbocycles. The molecule has 31 heavy (non-hydrogen) atoms. The van der Waals surface area contributed by atoms with Gasteiger partial charge in [0.15, 0.2) is 0 Å². The van der Waals surface area contributed by atoms with E-state index in [0.29, 0.717) is 25.0 Å². The molecule has 6 nitrogen and oxygen atoms in total. The molecule has 0 fully saturated rings. The zero-order valence-electron chi connectivity index (χ0n) is 17.0. The number of carboxylic acid groups (broad SMARTS) is 1. The zero-order valence-corrected chi connectivity index (χ0v) is 17.0. The Morgan fingerprint density at radius 3 is 2.55 bits per heavy atom. The van der Waals surface area contributed by atoms with E-state index in [1.807, 2.05) is 36.4 Å². The summed E-state index contributed by atoms with van der Waals surface area (Å²) in [6.07, 6.45) is 5.96. The molecule has 0 spiro atoms. The van der Waals surface area contributed by atoms with Gasteiger partial charge in [0.05, 0.1) is 5.57 Å². The minimum Gasteiger partial charge on any atom is -0.508 e. The third kappa shape index (κ3) is 4.91. The van der Waals surface area contributed by atoms with E-state index in [2.05, 4.69) is 10.3 Å². The van der Waals surface area contributed by atoms with E-state index >= 15 is 0 Å². The maximum Gasteiger partial charge on any atom is 0.333 e. The third-order valence-electron chi connectivity index (χ3n) is 5.81. The molecule has 6 heteroatoms. The van der Waals surface area contributed by atoms with Crippen molar-refractivity contribution in [3.8, 4) is 5.75 Å². The Morgan fingerprint density at radius 2 is 1.77 bits per heavy atom. The number of hydrogen-bond donors (Lipinski definition) is 3. The first-order chi connectivity index (χ1) is 15.0. The van der Waals surface area contributed by atoms with Crippen LogP contribution in [0.2, 0.25) is 0 Å². The number of pyridine rings is 1. The summed E-state index contributed by atoms with van der Waals surface area (Å²) in [5, 5.41) is 24.0. The summed E-state index contributed by atoms with van der Waals surface area (Å²) in [7, 11) is 0. The molecule has 0 saturated heterocycles. The van der Waals surface area contributed by atoms with Crippen LogP contribution >= 0.6 is 0 Å². The monoisotopic (exact) mass is 416 g/mol. The van der Waals surface area contributed by atoms with Gasteiger partial charge in [0.25, 0.3) is 0 Å². The van der Waals surface area contributed by atoms with Crippen molar-refractivity contribution < 1.29 is 19.8 Å².